The van der Waals surface area contributed by atoms with Gasteiger partial charge in [-0.05, 0) is 48.1 Å². The van der Waals surface area contributed by atoms with Crippen LogP contribution in [0.2, 0.25) is 0 Å². The minimum Gasteiger partial charge on any atom is -0.117 e. The molecule has 0 amide bonds. The molecule has 1 heteroatoms. The molecule has 86 valence electrons. The predicted octanol–water partition coefficient (Wildman–Crippen LogP) is 4.58. The number of hydrogen-bond donors (Lipinski definition) is 0. The molecule has 2 saturated carbocycles. The average Bonchev–Trinajstić information content (AvgIpc) is 2.81. The third kappa shape index (κ3) is 1.68. The fourth-order valence-corrected chi connectivity index (χ4v) is 3.99. The van der Waals surface area contributed by atoms with Gasteiger partial charge in [0.05, 0.1) is 5.38 Å². The summed E-state index contributed by atoms with van der Waals surface area (Å²) in [6.45, 7) is 2.19. The number of hydrogen-bond acceptors (Lipinski definition) is 0. The molecule has 1 aromatic rings. The van der Waals surface area contributed by atoms with Gasteiger partial charge in [-0.2, -0.15) is 0 Å². The number of halogens is 1. The van der Waals surface area contributed by atoms with E-state index < -0.39 is 0 Å². The first-order valence-corrected chi connectivity index (χ1v) is 6.98. The summed E-state index contributed by atoms with van der Waals surface area (Å²) in [7, 11) is 0. The monoisotopic (exact) mass is 234 g/mol. The van der Waals surface area contributed by atoms with E-state index in [1.54, 1.807) is 0 Å². The van der Waals surface area contributed by atoms with Crippen molar-refractivity contribution in [2.75, 3.05) is 0 Å². The van der Waals surface area contributed by atoms with Gasteiger partial charge in [-0.25, -0.2) is 0 Å². The Morgan fingerprint density at radius 1 is 1.19 bits per heavy atom. The predicted molar refractivity (Wildman–Crippen MR) is 68.7 cm³/mol. The van der Waals surface area contributed by atoms with E-state index in [9.17, 15) is 0 Å². The van der Waals surface area contributed by atoms with E-state index in [2.05, 4.69) is 31.2 Å². The van der Waals surface area contributed by atoms with Crippen molar-refractivity contribution in [2.45, 2.75) is 38.0 Å². The Hall–Kier alpha value is -0.490. The van der Waals surface area contributed by atoms with Crippen LogP contribution in [0.15, 0.2) is 24.3 Å². The molecular formula is C15H19Cl. The molecular weight excluding hydrogens is 216 g/mol. The van der Waals surface area contributed by atoms with Gasteiger partial charge in [0.15, 0.2) is 0 Å². The molecule has 16 heavy (non-hydrogen) atoms. The second-order valence-corrected chi connectivity index (χ2v) is 5.80. The number of benzene rings is 1. The molecule has 0 radical (unpaired) electrons. The van der Waals surface area contributed by atoms with E-state index in [4.69, 9.17) is 11.6 Å². The van der Waals surface area contributed by atoms with E-state index in [-0.39, 0.29) is 5.38 Å². The maximum Gasteiger partial charge on any atom is 0.0618 e. The highest BCUT2D eigenvalue weighted by Crippen LogP contribution is 2.63. The van der Waals surface area contributed by atoms with E-state index in [1.807, 2.05) is 0 Å². The Morgan fingerprint density at radius 2 is 1.81 bits per heavy atom. The van der Waals surface area contributed by atoms with Crippen molar-refractivity contribution < 1.29 is 0 Å². The summed E-state index contributed by atoms with van der Waals surface area (Å²) < 4.78 is 0. The van der Waals surface area contributed by atoms with Crippen LogP contribution < -0.4 is 0 Å². The number of alkyl halides is 1. The minimum atomic E-state index is 0.265. The molecule has 3 atom stereocenters. The lowest BCUT2D eigenvalue weighted by atomic mass is 10.0. The SMILES string of the molecule is CCc1ccc(C(Cl)C2C3CCCC32)cc1. The highest BCUT2D eigenvalue weighted by atomic mass is 35.5. The van der Waals surface area contributed by atoms with Crippen LogP contribution in [0, 0.1) is 17.8 Å². The Balaban J connectivity index is 1.72. The lowest BCUT2D eigenvalue weighted by molar-refractivity contribution is 0.573. The zero-order valence-electron chi connectivity index (χ0n) is 9.83. The largest absolute Gasteiger partial charge is 0.117 e. The summed E-state index contributed by atoms with van der Waals surface area (Å²) in [5.74, 6) is 2.68. The molecule has 0 saturated heterocycles. The van der Waals surface area contributed by atoms with E-state index in [0.29, 0.717) is 0 Å². The number of aryl methyl sites for hydroxylation is 1. The van der Waals surface area contributed by atoms with Crippen LogP contribution >= 0.6 is 11.6 Å². The fourth-order valence-electron chi connectivity index (χ4n) is 3.47. The molecule has 2 aliphatic rings. The van der Waals surface area contributed by atoms with Gasteiger partial charge in [0.2, 0.25) is 0 Å². The molecule has 2 fully saturated rings. The molecule has 0 N–H and O–H groups in total. The average molecular weight is 235 g/mol. The zero-order chi connectivity index (χ0) is 11.1. The molecule has 2 aliphatic carbocycles. The van der Waals surface area contributed by atoms with E-state index in [1.165, 1.54) is 30.4 Å². The van der Waals surface area contributed by atoms with Crippen molar-refractivity contribution >= 4 is 11.6 Å². The topological polar surface area (TPSA) is 0 Å². The molecule has 3 rings (SSSR count). The minimum absolute atomic E-state index is 0.265. The standard InChI is InChI=1S/C15H19Cl/c1-2-10-6-8-11(9-7-10)15(16)14-12-4-3-5-13(12)14/h6-9,12-15H,2-5H2,1H3. The van der Waals surface area contributed by atoms with Crippen molar-refractivity contribution in [2.24, 2.45) is 17.8 Å². The Labute approximate surface area is 103 Å². The first-order chi connectivity index (χ1) is 7.81. The second-order valence-electron chi connectivity index (χ2n) is 5.33. The third-order valence-electron chi connectivity index (χ3n) is 4.52. The highest BCUT2D eigenvalue weighted by Gasteiger charge is 2.55. The maximum absolute atomic E-state index is 6.60. The Kier molecular flexibility index (Phi) is 2.71. The van der Waals surface area contributed by atoms with Crippen LogP contribution in [0.5, 0.6) is 0 Å². The van der Waals surface area contributed by atoms with Crippen molar-refractivity contribution in [1.82, 2.24) is 0 Å². The van der Waals surface area contributed by atoms with Crippen LogP contribution in [0.4, 0.5) is 0 Å². The summed E-state index contributed by atoms with van der Waals surface area (Å²) in [6, 6.07) is 8.90. The Morgan fingerprint density at radius 3 is 2.38 bits per heavy atom. The Bertz CT molecular complexity index is 358. The molecule has 0 bridgehead atoms. The van der Waals surface area contributed by atoms with Crippen molar-refractivity contribution in [3.8, 4) is 0 Å². The smallest absolute Gasteiger partial charge is 0.0618 e. The normalized spacial score (nSPS) is 33.5. The lowest BCUT2D eigenvalue weighted by Crippen LogP contribution is -1.98. The summed E-state index contributed by atoms with van der Waals surface area (Å²) in [6.07, 6.45) is 5.39. The molecule has 0 aromatic heterocycles. The quantitative estimate of drug-likeness (QED) is 0.672. The van der Waals surface area contributed by atoms with Crippen LogP contribution in [-0.4, -0.2) is 0 Å². The first-order valence-electron chi connectivity index (χ1n) is 6.54. The van der Waals surface area contributed by atoms with Crippen molar-refractivity contribution in [1.29, 1.82) is 0 Å². The van der Waals surface area contributed by atoms with Gasteiger partial charge in [-0.3, -0.25) is 0 Å². The van der Waals surface area contributed by atoms with E-state index >= 15 is 0 Å². The maximum atomic E-state index is 6.60. The summed E-state index contributed by atoms with van der Waals surface area (Å²) in [5.41, 5.74) is 2.74. The molecule has 0 spiro atoms. The van der Waals surface area contributed by atoms with Crippen molar-refractivity contribution in [3.05, 3.63) is 35.4 Å². The van der Waals surface area contributed by atoms with Gasteiger partial charge in [0.25, 0.3) is 0 Å². The second kappa shape index (κ2) is 4.07. The van der Waals surface area contributed by atoms with Gasteiger partial charge >= 0.3 is 0 Å². The molecule has 3 unspecified atom stereocenters. The molecule has 0 aliphatic heterocycles. The van der Waals surface area contributed by atoms with Crippen LogP contribution in [0.1, 0.15) is 42.7 Å². The van der Waals surface area contributed by atoms with Crippen LogP contribution in [0.3, 0.4) is 0 Å². The molecule has 0 heterocycles. The highest BCUT2D eigenvalue weighted by molar-refractivity contribution is 6.21. The van der Waals surface area contributed by atoms with Crippen molar-refractivity contribution in [3.63, 3.8) is 0 Å². The zero-order valence-corrected chi connectivity index (χ0v) is 10.6. The van der Waals surface area contributed by atoms with Gasteiger partial charge in [-0.1, -0.05) is 37.6 Å². The van der Waals surface area contributed by atoms with Gasteiger partial charge in [0, 0.05) is 0 Å². The third-order valence-corrected chi connectivity index (χ3v) is 5.06. The van der Waals surface area contributed by atoms with Crippen LogP contribution in [-0.2, 0) is 6.42 Å². The van der Waals surface area contributed by atoms with Gasteiger partial charge < -0.3 is 0 Å². The summed E-state index contributed by atoms with van der Waals surface area (Å²) >= 11 is 6.60. The molecule has 0 nitrogen and oxygen atoms in total. The first kappa shape index (κ1) is 10.7. The number of rotatable bonds is 3. The molecule has 1 aromatic carbocycles. The lowest BCUT2D eigenvalue weighted by Gasteiger charge is -2.12. The number of fused-ring (bicyclic) bond motifs is 1. The van der Waals surface area contributed by atoms with Crippen LogP contribution in [0.25, 0.3) is 0 Å². The van der Waals surface area contributed by atoms with Gasteiger partial charge in [0.1, 0.15) is 0 Å². The summed E-state index contributed by atoms with van der Waals surface area (Å²) in [4.78, 5) is 0. The van der Waals surface area contributed by atoms with E-state index in [0.717, 1.165) is 24.2 Å². The fraction of sp³-hybridized carbons (Fsp3) is 0.600. The van der Waals surface area contributed by atoms with Gasteiger partial charge in [-0.15, -0.1) is 11.6 Å². The summed E-state index contributed by atoms with van der Waals surface area (Å²) in [5, 5.41) is 0.265.